The van der Waals surface area contributed by atoms with Gasteiger partial charge in [0.1, 0.15) is 0 Å². The van der Waals surface area contributed by atoms with Crippen LogP contribution in [-0.2, 0) is 19.4 Å². The summed E-state index contributed by atoms with van der Waals surface area (Å²) in [4.78, 5) is 0. The van der Waals surface area contributed by atoms with E-state index in [9.17, 15) is 0 Å². The van der Waals surface area contributed by atoms with Gasteiger partial charge in [-0.15, -0.1) is 0 Å². The Labute approximate surface area is 137 Å². The normalized spacial score (nSPS) is 20.7. The van der Waals surface area contributed by atoms with Crippen LogP contribution in [0.4, 0.5) is 0 Å². The Balaban J connectivity index is 2.25. The van der Waals surface area contributed by atoms with Gasteiger partial charge in [0.05, 0.1) is 15.9 Å². The van der Waals surface area contributed by atoms with Crippen LogP contribution in [0.5, 0.6) is 0 Å². The first-order chi connectivity index (χ1) is 9.86. The fourth-order valence-electron chi connectivity index (χ4n) is 3.45. The molecule has 1 aliphatic rings. The number of nitrogens with zero attached hydrogens (tertiary/aromatic N) is 2. The number of nitrogens with two attached hydrogens (primary N) is 1. The van der Waals surface area contributed by atoms with Crippen LogP contribution in [0.1, 0.15) is 64.8 Å². The van der Waals surface area contributed by atoms with Gasteiger partial charge in [-0.25, -0.2) is 0 Å². The van der Waals surface area contributed by atoms with E-state index in [1.807, 2.05) is 0 Å². The highest BCUT2D eigenvalue weighted by atomic mass is 79.9. The van der Waals surface area contributed by atoms with Crippen molar-refractivity contribution in [1.29, 1.82) is 0 Å². The third-order valence-corrected chi connectivity index (χ3v) is 6.25. The van der Waals surface area contributed by atoms with Crippen LogP contribution < -0.4 is 5.73 Å². The largest absolute Gasteiger partial charge is 0.330 e. The van der Waals surface area contributed by atoms with Crippen molar-refractivity contribution < 1.29 is 0 Å². The molecule has 0 atom stereocenters. The first-order valence-electron chi connectivity index (χ1n) is 8.30. The van der Waals surface area contributed by atoms with E-state index in [1.165, 1.54) is 41.5 Å². The SMILES string of the molecule is CCc1nn(CC)c(CC2(CN)CCC(C)(C)CC2)c1Br. The lowest BCUT2D eigenvalue weighted by Gasteiger charge is -2.43. The molecule has 0 bridgehead atoms. The molecule has 4 heteroatoms. The number of aromatic nitrogens is 2. The van der Waals surface area contributed by atoms with Gasteiger partial charge in [-0.05, 0) is 78.8 Å². The van der Waals surface area contributed by atoms with Gasteiger partial charge in [-0.2, -0.15) is 5.10 Å². The van der Waals surface area contributed by atoms with Crippen molar-refractivity contribution >= 4 is 15.9 Å². The third-order valence-electron chi connectivity index (χ3n) is 5.33. The van der Waals surface area contributed by atoms with Crippen molar-refractivity contribution in [2.24, 2.45) is 16.6 Å². The van der Waals surface area contributed by atoms with Crippen LogP contribution in [0.2, 0.25) is 0 Å². The maximum absolute atomic E-state index is 6.21. The Morgan fingerprint density at radius 1 is 1.19 bits per heavy atom. The molecule has 0 unspecified atom stereocenters. The van der Waals surface area contributed by atoms with E-state index < -0.39 is 0 Å². The van der Waals surface area contributed by atoms with Gasteiger partial charge in [-0.3, -0.25) is 4.68 Å². The van der Waals surface area contributed by atoms with Crippen molar-refractivity contribution in [3.8, 4) is 0 Å². The first kappa shape index (κ1) is 17.0. The van der Waals surface area contributed by atoms with Crippen LogP contribution in [0.25, 0.3) is 0 Å². The number of hydrogen-bond donors (Lipinski definition) is 1. The van der Waals surface area contributed by atoms with Crippen molar-refractivity contribution in [3.63, 3.8) is 0 Å². The number of aryl methyl sites for hydroxylation is 2. The fraction of sp³-hybridized carbons (Fsp3) is 0.824. The van der Waals surface area contributed by atoms with Crippen molar-refractivity contribution in [2.45, 2.75) is 72.8 Å². The molecule has 0 aliphatic heterocycles. The first-order valence-corrected chi connectivity index (χ1v) is 9.10. The van der Waals surface area contributed by atoms with Gasteiger partial charge in [0.2, 0.25) is 0 Å². The van der Waals surface area contributed by atoms with E-state index in [1.54, 1.807) is 0 Å². The van der Waals surface area contributed by atoms with E-state index in [0.717, 1.165) is 25.9 Å². The van der Waals surface area contributed by atoms with Gasteiger partial charge in [0, 0.05) is 6.54 Å². The highest BCUT2D eigenvalue weighted by Crippen LogP contribution is 2.47. The topological polar surface area (TPSA) is 43.8 Å². The molecule has 1 aromatic rings. The second-order valence-corrected chi connectivity index (χ2v) is 8.21. The maximum atomic E-state index is 6.21. The minimum Gasteiger partial charge on any atom is -0.330 e. The minimum absolute atomic E-state index is 0.260. The van der Waals surface area contributed by atoms with Crippen LogP contribution in [0.15, 0.2) is 4.47 Å². The van der Waals surface area contributed by atoms with Crippen molar-refractivity contribution in [3.05, 3.63) is 15.9 Å². The predicted molar refractivity (Wildman–Crippen MR) is 92.4 cm³/mol. The number of hydrogen-bond acceptors (Lipinski definition) is 2. The lowest BCUT2D eigenvalue weighted by Crippen LogP contribution is -2.39. The number of halogens is 1. The summed E-state index contributed by atoms with van der Waals surface area (Å²) in [6.07, 6.45) is 7.06. The van der Waals surface area contributed by atoms with Crippen LogP contribution in [0, 0.1) is 10.8 Å². The molecule has 3 nitrogen and oxygen atoms in total. The van der Waals surface area contributed by atoms with E-state index in [-0.39, 0.29) is 5.41 Å². The fourth-order valence-corrected chi connectivity index (χ4v) is 4.16. The zero-order valence-electron chi connectivity index (χ0n) is 14.0. The van der Waals surface area contributed by atoms with Gasteiger partial charge in [0.25, 0.3) is 0 Å². The Hall–Kier alpha value is -0.350. The maximum Gasteiger partial charge on any atom is 0.0766 e. The molecule has 1 fully saturated rings. The summed E-state index contributed by atoms with van der Waals surface area (Å²) in [5.41, 5.74) is 9.47. The van der Waals surface area contributed by atoms with Gasteiger partial charge >= 0.3 is 0 Å². The summed E-state index contributed by atoms with van der Waals surface area (Å²) in [5, 5.41) is 4.74. The quantitative estimate of drug-likeness (QED) is 0.854. The molecule has 2 rings (SSSR count). The van der Waals surface area contributed by atoms with E-state index >= 15 is 0 Å². The summed E-state index contributed by atoms with van der Waals surface area (Å²) in [6.45, 7) is 10.8. The van der Waals surface area contributed by atoms with Gasteiger partial charge in [-0.1, -0.05) is 20.8 Å². The molecule has 1 heterocycles. The summed E-state index contributed by atoms with van der Waals surface area (Å²) in [7, 11) is 0. The highest BCUT2D eigenvalue weighted by Gasteiger charge is 2.38. The standard InChI is InChI=1S/C17H30BrN3/c1-5-13-15(18)14(21(6-2)20-13)11-17(12-19)9-7-16(3,4)8-10-17/h5-12,19H2,1-4H3. The monoisotopic (exact) mass is 355 g/mol. The second kappa shape index (κ2) is 6.41. The van der Waals surface area contributed by atoms with Crippen LogP contribution in [-0.4, -0.2) is 16.3 Å². The molecule has 21 heavy (non-hydrogen) atoms. The molecular weight excluding hydrogens is 326 g/mol. The summed E-state index contributed by atoms with van der Waals surface area (Å²) >= 11 is 3.78. The van der Waals surface area contributed by atoms with Crippen molar-refractivity contribution in [1.82, 2.24) is 9.78 Å². The van der Waals surface area contributed by atoms with Crippen molar-refractivity contribution in [2.75, 3.05) is 6.54 Å². The lowest BCUT2D eigenvalue weighted by atomic mass is 9.63. The molecule has 1 saturated carbocycles. The molecule has 120 valence electrons. The number of rotatable bonds is 5. The Kier molecular flexibility index (Phi) is 5.19. The molecule has 1 aromatic heterocycles. The van der Waals surface area contributed by atoms with Crippen LogP contribution >= 0.6 is 15.9 Å². The second-order valence-electron chi connectivity index (χ2n) is 7.42. The van der Waals surface area contributed by atoms with Crippen LogP contribution in [0.3, 0.4) is 0 Å². The zero-order chi connectivity index (χ0) is 15.7. The molecule has 0 amide bonds. The molecule has 1 aliphatic carbocycles. The smallest absolute Gasteiger partial charge is 0.0766 e. The molecule has 2 N–H and O–H groups in total. The van der Waals surface area contributed by atoms with Gasteiger partial charge < -0.3 is 5.73 Å². The van der Waals surface area contributed by atoms with Gasteiger partial charge in [0.15, 0.2) is 0 Å². The molecule has 0 aromatic carbocycles. The Morgan fingerprint density at radius 3 is 2.29 bits per heavy atom. The van der Waals surface area contributed by atoms with E-state index in [0.29, 0.717) is 5.41 Å². The highest BCUT2D eigenvalue weighted by molar-refractivity contribution is 9.10. The molecule has 0 saturated heterocycles. The summed E-state index contributed by atoms with van der Waals surface area (Å²) < 4.78 is 3.38. The zero-order valence-corrected chi connectivity index (χ0v) is 15.6. The minimum atomic E-state index is 0.260. The Bertz CT molecular complexity index is 480. The lowest BCUT2D eigenvalue weighted by molar-refractivity contribution is 0.106. The molecular formula is C17H30BrN3. The molecule has 0 spiro atoms. The average Bonchev–Trinajstić information content (AvgIpc) is 2.77. The molecule has 0 radical (unpaired) electrons. The average molecular weight is 356 g/mol. The third kappa shape index (κ3) is 3.53. The summed E-state index contributed by atoms with van der Waals surface area (Å²) in [6, 6.07) is 0. The Morgan fingerprint density at radius 2 is 1.81 bits per heavy atom. The predicted octanol–water partition coefficient (Wildman–Crippen LogP) is 4.32. The van der Waals surface area contributed by atoms with E-state index in [4.69, 9.17) is 10.8 Å². The summed E-state index contributed by atoms with van der Waals surface area (Å²) in [5.74, 6) is 0. The van der Waals surface area contributed by atoms with E-state index in [2.05, 4.69) is 48.3 Å².